The highest BCUT2D eigenvalue weighted by Gasteiger charge is 2.03. The van der Waals surface area contributed by atoms with Gasteiger partial charge >= 0.3 is 6.03 Å². The third-order valence-corrected chi connectivity index (χ3v) is 4.97. The number of urea groups is 1. The van der Waals surface area contributed by atoms with Gasteiger partial charge in [-0.3, -0.25) is 0 Å². The number of amides is 2. The second kappa shape index (κ2) is 9.13. The molecule has 2 N–H and O–H groups in total. The fraction of sp³-hybridized carbons (Fsp3) is 0.167. The third kappa shape index (κ3) is 4.97. The van der Waals surface area contributed by atoms with E-state index in [1.807, 2.05) is 53.2 Å². The average molecular weight is 400 g/mol. The first-order chi connectivity index (χ1) is 14.7. The van der Waals surface area contributed by atoms with E-state index in [-0.39, 0.29) is 6.03 Å². The predicted octanol–water partition coefficient (Wildman–Crippen LogP) is 4.09. The van der Waals surface area contributed by atoms with Crippen molar-refractivity contribution < 1.29 is 9.53 Å². The summed E-state index contributed by atoms with van der Waals surface area (Å²) in [5, 5.41) is 8.04. The number of imidazole rings is 1. The SMILES string of the molecule is COc1ccc2cc(CNC(=O)NCc3ccc(Cn4ccnc4)cc3)ccc2c1. The lowest BCUT2D eigenvalue weighted by Crippen LogP contribution is -2.34. The number of nitrogens with zero attached hydrogens (tertiary/aromatic N) is 2. The van der Waals surface area contributed by atoms with E-state index in [1.165, 1.54) is 5.56 Å². The number of methoxy groups -OCH3 is 1. The Balaban J connectivity index is 1.26. The molecule has 0 unspecified atom stereocenters. The van der Waals surface area contributed by atoms with Crippen molar-refractivity contribution in [3.8, 4) is 5.75 Å². The van der Waals surface area contributed by atoms with Gasteiger partial charge in [0.25, 0.3) is 0 Å². The molecule has 30 heavy (non-hydrogen) atoms. The molecule has 152 valence electrons. The number of aromatic nitrogens is 2. The van der Waals surface area contributed by atoms with Gasteiger partial charge in [-0.2, -0.15) is 0 Å². The van der Waals surface area contributed by atoms with E-state index in [0.29, 0.717) is 13.1 Å². The lowest BCUT2D eigenvalue weighted by Gasteiger charge is -2.10. The quantitative estimate of drug-likeness (QED) is 0.491. The van der Waals surface area contributed by atoms with Gasteiger partial charge in [0.2, 0.25) is 0 Å². The molecule has 0 saturated carbocycles. The van der Waals surface area contributed by atoms with Crippen molar-refractivity contribution in [3.63, 3.8) is 0 Å². The number of carbonyl (C=O) groups is 1. The molecule has 0 aliphatic carbocycles. The zero-order valence-electron chi connectivity index (χ0n) is 16.8. The molecule has 3 aromatic carbocycles. The molecule has 2 amide bonds. The molecule has 4 rings (SSSR count). The Bertz CT molecular complexity index is 1120. The zero-order chi connectivity index (χ0) is 20.8. The minimum absolute atomic E-state index is 0.188. The fourth-order valence-electron chi connectivity index (χ4n) is 3.29. The summed E-state index contributed by atoms with van der Waals surface area (Å²) in [6, 6.07) is 20.1. The largest absolute Gasteiger partial charge is 0.497 e. The van der Waals surface area contributed by atoms with Crippen molar-refractivity contribution in [2.75, 3.05) is 7.11 Å². The van der Waals surface area contributed by atoms with E-state index >= 15 is 0 Å². The zero-order valence-corrected chi connectivity index (χ0v) is 16.8. The van der Waals surface area contributed by atoms with E-state index < -0.39 is 0 Å². The van der Waals surface area contributed by atoms with Crippen LogP contribution < -0.4 is 15.4 Å². The van der Waals surface area contributed by atoms with Crippen molar-refractivity contribution in [1.82, 2.24) is 20.2 Å². The van der Waals surface area contributed by atoms with Crippen LogP contribution in [0, 0.1) is 0 Å². The smallest absolute Gasteiger partial charge is 0.315 e. The molecule has 6 nitrogen and oxygen atoms in total. The molecule has 0 spiro atoms. The summed E-state index contributed by atoms with van der Waals surface area (Å²) in [6.45, 7) is 1.74. The van der Waals surface area contributed by atoms with Crippen LogP contribution in [0.3, 0.4) is 0 Å². The van der Waals surface area contributed by atoms with Gasteiger partial charge in [-0.05, 0) is 45.7 Å². The minimum Gasteiger partial charge on any atom is -0.497 e. The monoisotopic (exact) mass is 400 g/mol. The molecule has 0 aliphatic heterocycles. The summed E-state index contributed by atoms with van der Waals surface area (Å²) in [7, 11) is 1.66. The number of hydrogen-bond donors (Lipinski definition) is 2. The Labute approximate surface area is 175 Å². The number of rotatable bonds is 7. The Morgan fingerprint density at radius 1 is 0.900 bits per heavy atom. The third-order valence-electron chi connectivity index (χ3n) is 4.97. The van der Waals surface area contributed by atoms with Gasteiger partial charge in [0.1, 0.15) is 5.75 Å². The second-order valence-corrected chi connectivity index (χ2v) is 7.14. The lowest BCUT2D eigenvalue weighted by atomic mass is 10.1. The molecule has 0 atom stereocenters. The fourth-order valence-corrected chi connectivity index (χ4v) is 3.29. The van der Waals surface area contributed by atoms with E-state index in [4.69, 9.17) is 4.74 Å². The van der Waals surface area contributed by atoms with Crippen LogP contribution in [-0.2, 0) is 19.6 Å². The normalized spacial score (nSPS) is 10.7. The van der Waals surface area contributed by atoms with Gasteiger partial charge in [0, 0.05) is 32.0 Å². The van der Waals surface area contributed by atoms with Gasteiger partial charge in [-0.25, -0.2) is 9.78 Å². The number of benzene rings is 3. The first kappa shape index (κ1) is 19.5. The standard InChI is InChI=1S/C24H24N4O2/c1-30-23-9-8-21-12-20(6-7-22(21)13-23)15-27-24(29)26-14-18-2-4-19(5-3-18)16-28-11-10-25-17-28/h2-13,17H,14-16H2,1H3,(H2,26,27,29). The Hall–Kier alpha value is -3.80. The first-order valence-corrected chi connectivity index (χ1v) is 9.81. The van der Waals surface area contributed by atoms with Crippen LogP contribution >= 0.6 is 0 Å². The molecule has 4 aromatic rings. The summed E-state index contributed by atoms with van der Waals surface area (Å²) < 4.78 is 7.27. The minimum atomic E-state index is -0.188. The van der Waals surface area contributed by atoms with Crippen LogP contribution in [0.15, 0.2) is 79.4 Å². The highest BCUT2D eigenvalue weighted by atomic mass is 16.5. The molecule has 1 aromatic heterocycles. The number of ether oxygens (including phenoxy) is 1. The molecule has 0 saturated heterocycles. The molecule has 0 bridgehead atoms. The van der Waals surface area contributed by atoms with Crippen LogP contribution in [0.5, 0.6) is 5.75 Å². The lowest BCUT2D eigenvalue weighted by molar-refractivity contribution is 0.240. The van der Waals surface area contributed by atoms with E-state index in [2.05, 4.69) is 33.8 Å². The van der Waals surface area contributed by atoms with Crippen molar-refractivity contribution in [2.45, 2.75) is 19.6 Å². The maximum atomic E-state index is 12.2. The van der Waals surface area contributed by atoms with Crippen molar-refractivity contribution in [1.29, 1.82) is 0 Å². The van der Waals surface area contributed by atoms with Crippen molar-refractivity contribution in [2.24, 2.45) is 0 Å². The maximum Gasteiger partial charge on any atom is 0.315 e. The predicted molar refractivity (Wildman–Crippen MR) is 117 cm³/mol. The number of fused-ring (bicyclic) bond motifs is 1. The number of nitrogens with one attached hydrogen (secondary N) is 2. The van der Waals surface area contributed by atoms with Gasteiger partial charge in [-0.1, -0.05) is 42.5 Å². The summed E-state index contributed by atoms with van der Waals surface area (Å²) in [6.07, 6.45) is 5.50. The molecular formula is C24H24N4O2. The Morgan fingerprint density at radius 2 is 1.57 bits per heavy atom. The topological polar surface area (TPSA) is 68.2 Å². The molecule has 0 aliphatic rings. The average Bonchev–Trinajstić information content (AvgIpc) is 3.29. The van der Waals surface area contributed by atoms with Gasteiger partial charge in [0.15, 0.2) is 0 Å². The maximum absolute atomic E-state index is 12.2. The van der Waals surface area contributed by atoms with Crippen molar-refractivity contribution >= 4 is 16.8 Å². The van der Waals surface area contributed by atoms with E-state index in [1.54, 1.807) is 19.6 Å². The Morgan fingerprint density at radius 3 is 2.30 bits per heavy atom. The molecule has 0 radical (unpaired) electrons. The summed E-state index contributed by atoms with van der Waals surface area (Å²) in [5.74, 6) is 0.836. The number of hydrogen-bond acceptors (Lipinski definition) is 3. The Kier molecular flexibility index (Phi) is 5.94. The van der Waals surface area contributed by atoms with Gasteiger partial charge < -0.3 is 19.9 Å². The number of carbonyl (C=O) groups excluding carboxylic acids is 1. The van der Waals surface area contributed by atoms with Crippen LogP contribution in [0.2, 0.25) is 0 Å². The van der Waals surface area contributed by atoms with Gasteiger partial charge in [0.05, 0.1) is 13.4 Å². The van der Waals surface area contributed by atoms with Crippen LogP contribution in [0.1, 0.15) is 16.7 Å². The van der Waals surface area contributed by atoms with E-state index in [9.17, 15) is 4.79 Å². The highest BCUT2D eigenvalue weighted by Crippen LogP contribution is 2.21. The summed E-state index contributed by atoms with van der Waals surface area (Å²) in [5.41, 5.74) is 3.29. The highest BCUT2D eigenvalue weighted by molar-refractivity contribution is 5.84. The van der Waals surface area contributed by atoms with E-state index in [0.717, 1.165) is 34.2 Å². The van der Waals surface area contributed by atoms with Crippen LogP contribution in [-0.4, -0.2) is 22.7 Å². The molecular weight excluding hydrogens is 376 g/mol. The van der Waals surface area contributed by atoms with Crippen LogP contribution in [0.25, 0.3) is 10.8 Å². The summed E-state index contributed by atoms with van der Waals surface area (Å²) >= 11 is 0. The summed E-state index contributed by atoms with van der Waals surface area (Å²) in [4.78, 5) is 16.2. The van der Waals surface area contributed by atoms with Gasteiger partial charge in [-0.15, -0.1) is 0 Å². The second-order valence-electron chi connectivity index (χ2n) is 7.14. The first-order valence-electron chi connectivity index (χ1n) is 9.81. The van der Waals surface area contributed by atoms with Crippen molar-refractivity contribution in [3.05, 3.63) is 96.1 Å². The molecule has 0 fully saturated rings. The molecule has 1 heterocycles. The molecule has 6 heteroatoms. The van der Waals surface area contributed by atoms with Crippen LogP contribution in [0.4, 0.5) is 4.79 Å².